The molecule has 28 heavy (non-hydrogen) atoms. The predicted octanol–water partition coefficient (Wildman–Crippen LogP) is 4.27. The summed E-state index contributed by atoms with van der Waals surface area (Å²) in [5.74, 6) is -0.164. The highest BCUT2D eigenvalue weighted by molar-refractivity contribution is 6.33. The van der Waals surface area contributed by atoms with Crippen LogP contribution in [0.25, 0.3) is 0 Å². The van der Waals surface area contributed by atoms with Crippen LogP contribution in [0.2, 0.25) is 5.02 Å². The van der Waals surface area contributed by atoms with Crippen LogP contribution in [0.15, 0.2) is 30.5 Å². The molecule has 0 bridgehead atoms. The van der Waals surface area contributed by atoms with E-state index in [0.717, 1.165) is 29.8 Å². The number of primary amides is 1. The van der Waals surface area contributed by atoms with Crippen molar-refractivity contribution in [2.45, 2.75) is 39.2 Å². The standard InChI is InChI=1S/C20H23ClN4O3/c1-20(2,3)28-19(27)25-8-4-5-12-9-14(6-7-16(12)25)24-18-15(21)10-13(11-23-18)17(22)26/h6-7,9-11H,4-5,8H2,1-3H3,(H2,22,26)(H,23,24). The minimum Gasteiger partial charge on any atom is -0.443 e. The van der Waals surface area contributed by atoms with Gasteiger partial charge in [0, 0.05) is 18.4 Å². The van der Waals surface area contributed by atoms with Gasteiger partial charge in [-0.3, -0.25) is 9.69 Å². The first kappa shape index (κ1) is 19.9. The average molecular weight is 403 g/mol. The highest BCUT2D eigenvalue weighted by atomic mass is 35.5. The summed E-state index contributed by atoms with van der Waals surface area (Å²) in [6, 6.07) is 7.17. The third-order valence-corrected chi connectivity index (χ3v) is 4.49. The van der Waals surface area contributed by atoms with Crippen LogP contribution in [0.5, 0.6) is 0 Å². The Balaban J connectivity index is 1.82. The average Bonchev–Trinajstić information content (AvgIpc) is 2.61. The fourth-order valence-corrected chi connectivity index (χ4v) is 3.20. The first-order chi connectivity index (χ1) is 13.1. The van der Waals surface area contributed by atoms with Gasteiger partial charge in [0.05, 0.1) is 16.3 Å². The molecule has 1 aliphatic rings. The molecule has 0 unspecified atom stereocenters. The number of hydrogen-bond acceptors (Lipinski definition) is 5. The zero-order valence-electron chi connectivity index (χ0n) is 16.1. The molecule has 1 aromatic heterocycles. The molecule has 0 spiro atoms. The maximum Gasteiger partial charge on any atom is 0.414 e. The Morgan fingerprint density at radius 2 is 2.04 bits per heavy atom. The molecule has 0 radical (unpaired) electrons. The lowest BCUT2D eigenvalue weighted by Crippen LogP contribution is -2.39. The number of halogens is 1. The quantitative estimate of drug-likeness (QED) is 0.799. The van der Waals surface area contributed by atoms with Crippen molar-refractivity contribution in [1.29, 1.82) is 0 Å². The number of nitrogens with zero attached hydrogens (tertiary/aromatic N) is 2. The maximum atomic E-state index is 12.5. The van der Waals surface area contributed by atoms with Gasteiger partial charge in [-0.05, 0) is 63.4 Å². The van der Waals surface area contributed by atoms with E-state index in [2.05, 4.69) is 10.3 Å². The lowest BCUT2D eigenvalue weighted by Gasteiger charge is -2.32. The van der Waals surface area contributed by atoms with E-state index in [1.54, 1.807) is 4.90 Å². The first-order valence-electron chi connectivity index (χ1n) is 9.00. The number of aryl methyl sites for hydroxylation is 1. The van der Waals surface area contributed by atoms with Gasteiger partial charge >= 0.3 is 6.09 Å². The first-order valence-corrected chi connectivity index (χ1v) is 9.37. The van der Waals surface area contributed by atoms with Gasteiger partial charge in [-0.2, -0.15) is 0 Å². The fraction of sp³-hybridized carbons (Fsp3) is 0.350. The smallest absolute Gasteiger partial charge is 0.414 e. The summed E-state index contributed by atoms with van der Waals surface area (Å²) >= 11 is 6.19. The van der Waals surface area contributed by atoms with Gasteiger partial charge in [0.2, 0.25) is 5.91 Å². The molecular formula is C20H23ClN4O3. The normalized spacial score (nSPS) is 13.6. The van der Waals surface area contributed by atoms with E-state index in [1.807, 2.05) is 39.0 Å². The van der Waals surface area contributed by atoms with E-state index in [9.17, 15) is 9.59 Å². The second-order valence-corrected chi connectivity index (χ2v) is 8.03. The molecule has 0 fully saturated rings. The Kier molecular flexibility index (Phi) is 5.47. The van der Waals surface area contributed by atoms with E-state index >= 15 is 0 Å². The molecule has 3 N–H and O–H groups in total. The van der Waals surface area contributed by atoms with Crippen LogP contribution in [-0.4, -0.2) is 29.1 Å². The summed E-state index contributed by atoms with van der Waals surface area (Å²) in [5, 5.41) is 3.44. The van der Waals surface area contributed by atoms with Crippen molar-refractivity contribution in [3.63, 3.8) is 0 Å². The zero-order chi connectivity index (χ0) is 20.5. The SMILES string of the molecule is CC(C)(C)OC(=O)N1CCCc2cc(Nc3ncc(C(N)=O)cc3Cl)ccc21. The number of nitrogens with one attached hydrogen (secondary N) is 1. The number of benzene rings is 1. The third-order valence-electron chi connectivity index (χ3n) is 4.20. The molecule has 0 atom stereocenters. The number of ether oxygens (including phenoxy) is 1. The van der Waals surface area contributed by atoms with Gasteiger partial charge in [-0.1, -0.05) is 11.6 Å². The molecule has 2 heterocycles. The van der Waals surface area contributed by atoms with E-state index < -0.39 is 11.5 Å². The number of carbonyl (C=O) groups excluding carboxylic acids is 2. The van der Waals surface area contributed by atoms with Crippen LogP contribution in [0.3, 0.4) is 0 Å². The van der Waals surface area contributed by atoms with E-state index in [1.165, 1.54) is 12.3 Å². The Labute approximate surface area is 168 Å². The monoisotopic (exact) mass is 402 g/mol. The summed E-state index contributed by atoms with van der Waals surface area (Å²) in [7, 11) is 0. The molecule has 0 aliphatic carbocycles. The Bertz CT molecular complexity index is 924. The van der Waals surface area contributed by atoms with Crippen LogP contribution < -0.4 is 16.0 Å². The molecule has 1 aromatic carbocycles. The largest absolute Gasteiger partial charge is 0.443 e. The van der Waals surface area contributed by atoms with Crippen LogP contribution >= 0.6 is 11.6 Å². The maximum absolute atomic E-state index is 12.5. The topological polar surface area (TPSA) is 97.6 Å². The van der Waals surface area contributed by atoms with Crippen molar-refractivity contribution in [1.82, 2.24) is 4.98 Å². The van der Waals surface area contributed by atoms with Gasteiger partial charge in [-0.15, -0.1) is 0 Å². The van der Waals surface area contributed by atoms with Crippen molar-refractivity contribution in [2.75, 3.05) is 16.8 Å². The van der Waals surface area contributed by atoms with Crippen LogP contribution in [-0.2, 0) is 11.2 Å². The molecule has 1 aliphatic heterocycles. The van der Waals surface area contributed by atoms with Crippen LogP contribution in [0, 0.1) is 0 Å². The van der Waals surface area contributed by atoms with Crippen molar-refractivity contribution < 1.29 is 14.3 Å². The number of aromatic nitrogens is 1. The molecular weight excluding hydrogens is 380 g/mol. The summed E-state index contributed by atoms with van der Waals surface area (Å²) in [6.45, 7) is 6.17. The third kappa shape index (κ3) is 4.54. The minimum atomic E-state index is -0.586. The Morgan fingerprint density at radius 1 is 1.29 bits per heavy atom. The van der Waals surface area contributed by atoms with Gasteiger partial charge < -0.3 is 15.8 Å². The van der Waals surface area contributed by atoms with Crippen molar-refractivity contribution in [3.8, 4) is 0 Å². The Morgan fingerprint density at radius 3 is 2.68 bits per heavy atom. The number of rotatable bonds is 3. The van der Waals surface area contributed by atoms with Crippen LogP contribution in [0.1, 0.15) is 43.1 Å². The number of amides is 2. The summed E-state index contributed by atoms with van der Waals surface area (Å²) < 4.78 is 5.51. The highest BCUT2D eigenvalue weighted by Gasteiger charge is 2.27. The summed E-state index contributed by atoms with van der Waals surface area (Å²) in [4.78, 5) is 29.6. The van der Waals surface area contributed by atoms with Gasteiger partial charge in [-0.25, -0.2) is 9.78 Å². The number of nitrogens with two attached hydrogens (primary N) is 1. The lowest BCUT2D eigenvalue weighted by molar-refractivity contribution is 0.0577. The van der Waals surface area contributed by atoms with Gasteiger partial charge in [0.15, 0.2) is 0 Å². The van der Waals surface area contributed by atoms with E-state index in [4.69, 9.17) is 22.1 Å². The van der Waals surface area contributed by atoms with Crippen molar-refractivity contribution in [2.24, 2.45) is 5.73 Å². The minimum absolute atomic E-state index is 0.244. The lowest BCUT2D eigenvalue weighted by atomic mass is 10.0. The number of anilines is 3. The highest BCUT2D eigenvalue weighted by Crippen LogP contribution is 2.32. The molecule has 0 saturated carbocycles. The van der Waals surface area contributed by atoms with Crippen molar-refractivity contribution >= 4 is 40.8 Å². The second kappa shape index (κ2) is 7.67. The van der Waals surface area contributed by atoms with Gasteiger partial charge in [0.25, 0.3) is 0 Å². The summed E-state index contributed by atoms with van der Waals surface area (Å²) in [6.07, 6.45) is 2.73. The van der Waals surface area contributed by atoms with Gasteiger partial charge in [0.1, 0.15) is 11.4 Å². The number of fused-ring (bicyclic) bond motifs is 1. The molecule has 7 nitrogen and oxygen atoms in total. The molecule has 2 aromatic rings. The number of carbonyl (C=O) groups is 2. The molecule has 0 saturated heterocycles. The fourth-order valence-electron chi connectivity index (χ4n) is 2.98. The van der Waals surface area contributed by atoms with E-state index in [-0.39, 0.29) is 11.7 Å². The zero-order valence-corrected chi connectivity index (χ0v) is 16.8. The predicted molar refractivity (Wildman–Crippen MR) is 109 cm³/mol. The Hall–Kier alpha value is -2.80. The van der Waals surface area contributed by atoms with Crippen LogP contribution in [0.4, 0.5) is 22.0 Å². The molecule has 8 heteroatoms. The van der Waals surface area contributed by atoms with E-state index in [0.29, 0.717) is 17.4 Å². The number of pyridine rings is 1. The number of hydrogen-bond donors (Lipinski definition) is 2. The molecule has 148 valence electrons. The molecule has 2 amide bonds. The summed E-state index contributed by atoms with van der Waals surface area (Å²) in [5.41, 5.74) is 7.59. The van der Waals surface area contributed by atoms with Crippen molar-refractivity contribution in [3.05, 3.63) is 46.6 Å². The molecule has 3 rings (SSSR count). The second-order valence-electron chi connectivity index (χ2n) is 7.62.